The number of rotatable bonds is 28. The molecule has 4 aliphatic rings. The molecule has 4 N–H and O–H groups in total. The van der Waals surface area contributed by atoms with Crippen LogP contribution in [0.25, 0.3) is 0 Å². The van der Waals surface area contributed by atoms with E-state index in [0.29, 0.717) is 35.2 Å². The molecule has 4 aliphatic carbocycles. The van der Waals surface area contributed by atoms with Gasteiger partial charge in [-0.15, -0.1) is 0 Å². The number of amides is 2. The van der Waals surface area contributed by atoms with Crippen molar-refractivity contribution in [2.45, 2.75) is 263 Å². The number of carbonyl (C=O) groups excluding carboxylic acids is 2. The first-order chi connectivity index (χ1) is 28.1. The highest BCUT2D eigenvalue weighted by Gasteiger charge is 2.49. The molecule has 0 spiro atoms. The van der Waals surface area contributed by atoms with Crippen molar-refractivity contribution in [3.05, 3.63) is 0 Å². The second kappa shape index (κ2) is 30.1. The molecular weight excluding hydrogens is 737 g/mol. The molecule has 6 heteroatoms. The second-order valence-electron chi connectivity index (χ2n) is 23.5. The Morgan fingerprint density at radius 2 is 0.967 bits per heavy atom. The van der Waals surface area contributed by atoms with Gasteiger partial charge in [-0.05, 0) is 139 Å². The first-order valence-electron chi connectivity index (χ1n) is 26.2. The Hall–Kier alpha value is -1.14. The van der Waals surface area contributed by atoms with Crippen molar-refractivity contribution in [2.75, 3.05) is 13.1 Å². The lowest BCUT2D eigenvalue weighted by molar-refractivity contribution is -0.127. The summed E-state index contributed by atoms with van der Waals surface area (Å²) in [5.74, 6) is 7.01. The Bertz CT molecular complexity index is 1120. The summed E-state index contributed by atoms with van der Waals surface area (Å²) in [5, 5.41) is 13.2. The SMILES string of the molecule is CC(C)CCCCC1(C(=O)NC(C)C)CC1.CC(C)CCCCC1(CNC(C)C)CC1.CC(C)CCC[C@@H]1C[C@H]1C(=O)NC(C)C.CC(C)CCC[C@@H]1C[C@H]1CNC(C)C.[HH].[HH].[HH].[HH]. The van der Waals surface area contributed by atoms with E-state index in [2.05, 4.69) is 104 Å². The summed E-state index contributed by atoms with van der Waals surface area (Å²) in [6, 6.07) is 1.88. The fourth-order valence-corrected chi connectivity index (χ4v) is 8.49. The van der Waals surface area contributed by atoms with Crippen LogP contribution in [0.4, 0.5) is 0 Å². The molecule has 0 saturated heterocycles. The van der Waals surface area contributed by atoms with Crippen LogP contribution in [0.1, 0.15) is 245 Å². The third-order valence-electron chi connectivity index (χ3n) is 13.3. The van der Waals surface area contributed by atoms with Crippen LogP contribution in [0.15, 0.2) is 0 Å². The molecule has 4 fully saturated rings. The van der Waals surface area contributed by atoms with Crippen LogP contribution >= 0.6 is 0 Å². The van der Waals surface area contributed by atoms with Crippen LogP contribution in [0.2, 0.25) is 0 Å². The minimum atomic E-state index is 0. The Morgan fingerprint density at radius 1 is 0.500 bits per heavy atom. The fraction of sp³-hybridized carbons (Fsp3) is 0.963. The predicted molar refractivity (Wildman–Crippen MR) is 272 cm³/mol. The first-order valence-corrected chi connectivity index (χ1v) is 26.2. The average Bonchev–Trinajstić information content (AvgIpc) is 3.94. The monoisotopic (exact) mass is 853 g/mol. The van der Waals surface area contributed by atoms with Crippen LogP contribution in [0.3, 0.4) is 0 Å². The highest BCUT2D eigenvalue weighted by molar-refractivity contribution is 5.85. The minimum absolute atomic E-state index is 0. The van der Waals surface area contributed by atoms with Crippen molar-refractivity contribution in [1.82, 2.24) is 21.3 Å². The molecule has 0 radical (unpaired) electrons. The van der Waals surface area contributed by atoms with E-state index in [0.717, 1.165) is 61.2 Å². The normalized spacial score (nSPS) is 21.7. The zero-order valence-electron chi connectivity index (χ0n) is 43.3. The molecule has 4 atom stereocenters. The second-order valence-corrected chi connectivity index (χ2v) is 23.5. The molecule has 0 bridgehead atoms. The average molecular weight is 854 g/mol. The number of unbranched alkanes of at least 4 members (excludes halogenated alkanes) is 2. The zero-order valence-corrected chi connectivity index (χ0v) is 43.3. The van der Waals surface area contributed by atoms with Crippen LogP contribution in [0, 0.1) is 58.2 Å². The Kier molecular flexibility index (Phi) is 28.5. The van der Waals surface area contributed by atoms with E-state index in [9.17, 15) is 9.59 Å². The van der Waals surface area contributed by atoms with Gasteiger partial charge >= 0.3 is 0 Å². The van der Waals surface area contributed by atoms with Crippen LogP contribution in [0.5, 0.6) is 0 Å². The van der Waals surface area contributed by atoms with E-state index in [-0.39, 0.29) is 29.1 Å². The van der Waals surface area contributed by atoms with Gasteiger partial charge in [-0.25, -0.2) is 0 Å². The van der Waals surface area contributed by atoms with Crippen molar-refractivity contribution in [3.63, 3.8) is 0 Å². The molecule has 2 amide bonds. The van der Waals surface area contributed by atoms with Crippen LogP contribution in [-0.4, -0.2) is 49.1 Å². The molecule has 0 aliphatic heterocycles. The largest absolute Gasteiger partial charge is 0.354 e. The number of hydrogen-bond acceptors (Lipinski definition) is 4. The molecule has 4 saturated carbocycles. The smallest absolute Gasteiger partial charge is 0.226 e. The highest BCUT2D eigenvalue weighted by Crippen LogP contribution is 2.51. The Labute approximate surface area is 382 Å². The van der Waals surface area contributed by atoms with Gasteiger partial charge < -0.3 is 21.3 Å². The molecule has 4 rings (SSSR count). The maximum Gasteiger partial charge on any atom is 0.226 e. The van der Waals surface area contributed by atoms with Crippen molar-refractivity contribution in [1.29, 1.82) is 0 Å². The highest BCUT2D eigenvalue weighted by atomic mass is 16.2. The summed E-state index contributed by atoms with van der Waals surface area (Å²) in [7, 11) is 0. The van der Waals surface area contributed by atoms with E-state index in [4.69, 9.17) is 0 Å². The minimum Gasteiger partial charge on any atom is -0.354 e. The van der Waals surface area contributed by atoms with E-state index in [1.54, 1.807) is 0 Å². The van der Waals surface area contributed by atoms with Gasteiger partial charge in [0.05, 0.1) is 0 Å². The molecule has 0 unspecified atom stereocenters. The summed E-state index contributed by atoms with van der Waals surface area (Å²) in [6.07, 6.45) is 26.5. The van der Waals surface area contributed by atoms with Crippen LogP contribution in [-0.2, 0) is 9.59 Å². The van der Waals surface area contributed by atoms with Gasteiger partial charge in [-0.3, -0.25) is 9.59 Å². The number of nitrogens with one attached hydrogen (secondary N) is 4. The maximum atomic E-state index is 12.0. The first kappa shape index (κ1) is 56.9. The van der Waals surface area contributed by atoms with E-state index < -0.39 is 0 Å². The van der Waals surface area contributed by atoms with E-state index in [1.165, 1.54) is 116 Å². The van der Waals surface area contributed by atoms with Gasteiger partial charge in [0.1, 0.15) is 0 Å². The third-order valence-corrected chi connectivity index (χ3v) is 13.3. The maximum absolute atomic E-state index is 12.0. The van der Waals surface area contributed by atoms with Gasteiger partial charge in [0, 0.05) is 47.8 Å². The zero-order chi connectivity index (χ0) is 45.5. The lowest BCUT2D eigenvalue weighted by Crippen LogP contribution is -2.36. The lowest BCUT2D eigenvalue weighted by atomic mass is 9.95. The summed E-state index contributed by atoms with van der Waals surface area (Å²) in [5.41, 5.74) is 0.739. The topological polar surface area (TPSA) is 82.3 Å². The molecule has 0 heterocycles. The van der Waals surface area contributed by atoms with E-state index >= 15 is 0 Å². The molecule has 364 valence electrons. The fourth-order valence-electron chi connectivity index (χ4n) is 8.49. The van der Waals surface area contributed by atoms with Crippen molar-refractivity contribution in [2.24, 2.45) is 58.2 Å². The summed E-state index contributed by atoms with van der Waals surface area (Å²) in [6.45, 7) is 37.9. The van der Waals surface area contributed by atoms with E-state index in [1.807, 2.05) is 27.7 Å². The van der Waals surface area contributed by atoms with Crippen molar-refractivity contribution >= 4 is 11.8 Å². The third kappa shape index (κ3) is 29.3. The summed E-state index contributed by atoms with van der Waals surface area (Å²) in [4.78, 5) is 23.6. The van der Waals surface area contributed by atoms with Gasteiger partial charge in [0.25, 0.3) is 0 Å². The number of carbonyl (C=O) groups is 2. The van der Waals surface area contributed by atoms with Crippen LogP contribution < -0.4 is 21.3 Å². The molecule has 0 aromatic rings. The molecule has 0 aromatic heterocycles. The van der Waals surface area contributed by atoms with Crippen molar-refractivity contribution in [3.8, 4) is 0 Å². The van der Waals surface area contributed by atoms with Crippen molar-refractivity contribution < 1.29 is 15.3 Å². The van der Waals surface area contributed by atoms with Gasteiger partial charge in [-0.2, -0.15) is 0 Å². The van der Waals surface area contributed by atoms with Gasteiger partial charge in [-0.1, -0.05) is 154 Å². The standard InChI is InChI=1S/C14H27NO.C14H29N.C13H25NO.C13H27N.4H2/c1-11(2)7-5-6-8-14(9-10-14)13(16)15-12(3)4;1-12(2)7-5-6-8-14(9-10-14)11-15-13(3)4;1-9(2)6-5-7-11-8-12(11)13(15)14-10(3)4;1-10(2)6-5-7-12-8-13(12)9-14-11(3)4;;;;/h11-12H,5-10H2,1-4H3,(H,15,16);12-13,15H,5-11H2,1-4H3;9-12H,5-8H2,1-4H3,(H,14,15);10-14H,5-9H2,1-4H3;4*1H/t;;11-,12-;12-,13+;;;;/m..11..../s1. The summed E-state index contributed by atoms with van der Waals surface area (Å²) < 4.78 is 0. The quantitative estimate of drug-likeness (QED) is 0.0591. The Balaban J connectivity index is -0.000000368. The lowest BCUT2D eigenvalue weighted by Gasteiger charge is -2.18. The Morgan fingerprint density at radius 3 is 1.40 bits per heavy atom. The summed E-state index contributed by atoms with van der Waals surface area (Å²) >= 11 is 0. The number of hydrogen-bond donors (Lipinski definition) is 4. The van der Waals surface area contributed by atoms with Gasteiger partial charge in [0.15, 0.2) is 0 Å². The van der Waals surface area contributed by atoms with Gasteiger partial charge in [0.2, 0.25) is 11.8 Å². The molecule has 0 aromatic carbocycles. The molecule has 6 nitrogen and oxygen atoms in total. The predicted octanol–water partition coefficient (Wildman–Crippen LogP) is 14.9. The molecule has 60 heavy (non-hydrogen) atoms. The molecular formula is C54H116N4O2.